The Kier molecular flexibility index (Phi) is 5.59. The van der Waals surface area contributed by atoms with Gasteiger partial charge in [-0.25, -0.2) is 0 Å². The van der Waals surface area contributed by atoms with Crippen LogP contribution in [0.3, 0.4) is 0 Å². The van der Waals surface area contributed by atoms with E-state index in [0.29, 0.717) is 34.9 Å². The van der Waals surface area contributed by atoms with E-state index in [1.807, 2.05) is 12.1 Å². The fourth-order valence-electron chi connectivity index (χ4n) is 4.59. The van der Waals surface area contributed by atoms with Crippen LogP contribution >= 0.6 is 0 Å². The molecule has 33 heavy (non-hydrogen) atoms. The highest BCUT2D eigenvalue weighted by Gasteiger charge is 2.46. The van der Waals surface area contributed by atoms with Gasteiger partial charge in [-0.1, -0.05) is 0 Å². The third-order valence-corrected chi connectivity index (χ3v) is 6.29. The maximum Gasteiger partial charge on any atom is 0.255 e. The Hall–Kier alpha value is -3.30. The van der Waals surface area contributed by atoms with Crippen molar-refractivity contribution in [1.82, 2.24) is 4.90 Å². The molecule has 2 aromatic carbocycles. The third kappa shape index (κ3) is 4.09. The number of fused-ring (bicyclic) bond motifs is 4. The first-order valence-corrected chi connectivity index (χ1v) is 10.9. The van der Waals surface area contributed by atoms with Crippen molar-refractivity contribution in [1.29, 1.82) is 0 Å². The summed E-state index contributed by atoms with van der Waals surface area (Å²) in [5, 5.41) is 12.8. The molecule has 3 aliphatic heterocycles. The van der Waals surface area contributed by atoms with Crippen LogP contribution in [0.4, 0.5) is 5.69 Å². The summed E-state index contributed by atoms with van der Waals surface area (Å²) in [6.45, 7) is -0.0526. The van der Waals surface area contributed by atoms with Gasteiger partial charge in [-0.05, 0) is 42.8 Å². The highest BCUT2D eigenvalue weighted by Crippen LogP contribution is 2.47. The molecule has 3 aliphatic rings. The van der Waals surface area contributed by atoms with E-state index in [-0.39, 0.29) is 49.8 Å². The number of hydrogen-bond acceptors (Lipinski definition) is 7. The lowest BCUT2D eigenvalue weighted by Gasteiger charge is -2.37. The number of benzene rings is 2. The van der Waals surface area contributed by atoms with Crippen LogP contribution in [0.2, 0.25) is 0 Å². The Morgan fingerprint density at radius 1 is 1.09 bits per heavy atom. The summed E-state index contributed by atoms with van der Waals surface area (Å²) in [7, 11) is 3.42. The van der Waals surface area contributed by atoms with E-state index in [1.165, 1.54) is 4.90 Å². The van der Waals surface area contributed by atoms with Crippen LogP contribution in [0.25, 0.3) is 0 Å². The second-order valence-electron chi connectivity index (χ2n) is 8.67. The molecule has 0 unspecified atom stereocenters. The maximum atomic E-state index is 12.8. The largest absolute Gasteiger partial charge is 0.487 e. The summed E-state index contributed by atoms with van der Waals surface area (Å²) in [5.41, 5.74) is 2.03. The first kappa shape index (κ1) is 21.5. The molecule has 0 saturated carbocycles. The van der Waals surface area contributed by atoms with Gasteiger partial charge < -0.3 is 34.3 Å². The third-order valence-electron chi connectivity index (χ3n) is 6.29. The Bertz CT molecular complexity index is 1090. The zero-order valence-corrected chi connectivity index (χ0v) is 18.4. The number of carbonyl (C=O) groups excluding carboxylic acids is 2. The molecule has 2 amide bonds. The van der Waals surface area contributed by atoms with Crippen molar-refractivity contribution < 1.29 is 33.6 Å². The quantitative estimate of drug-likeness (QED) is 0.713. The fraction of sp³-hybridized carbons (Fsp3) is 0.417. The van der Waals surface area contributed by atoms with Gasteiger partial charge in [0.25, 0.3) is 5.91 Å². The van der Waals surface area contributed by atoms with Crippen LogP contribution < -0.4 is 19.5 Å². The van der Waals surface area contributed by atoms with E-state index in [2.05, 4.69) is 5.32 Å². The number of anilines is 1. The van der Waals surface area contributed by atoms with Crippen molar-refractivity contribution >= 4 is 17.5 Å². The Morgan fingerprint density at radius 3 is 2.67 bits per heavy atom. The minimum absolute atomic E-state index is 0.0287. The monoisotopic (exact) mass is 454 g/mol. The molecule has 0 radical (unpaired) electrons. The Labute approximate surface area is 191 Å². The molecule has 0 aromatic heterocycles. The molecule has 0 aliphatic carbocycles. The lowest BCUT2D eigenvalue weighted by Crippen LogP contribution is -2.47. The minimum Gasteiger partial charge on any atom is -0.487 e. The molecule has 2 aromatic rings. The summed E-state index contributed by atoms with van der Waals surface area (Å²) >= 11 is 0. The van der Waals surface area contributed by atoms with E-state index in [1.54, 1.807) is 38.4 Å². The number of amides is 2. The molecule has 9 nitrogen and oxygen atoms in total. The van der Waals surface area contributed by atoms with Crippen molar-refractivity contribution in [3.05, 3.63) is 47.5 Å². The first-order valence-electron chi connectivity index (χ1n) is 10.9. The van der Waals surface area contributed by atoms with Crippen molar-refractivity contribution in [2.45, 2.75) is 37.1 Å². The smallest absolute Gasteiger partial charge is 0.255 e. The van der Waals surface area contributed by atoms with Crippen molar-refractivity contribution in [3.8, 4) is 17.2 Å². The van der Waals surface area contributed by atoms with Gasteiger partial charge in [0.2, 0.25) is 12.7 Å². The van der Waals surface area contributed by atoms with E-state index in [4.69, 9.17) is 18.9 Å². The van der Waals surface area contributed by atoms with Crippen LogP contribution in [0.5, 0.6) is 17.2 Å². The van der Waals surface area contributed by atoms with Gasteiger partial charge in [0.15, 0.2) is 11.5 Å². The van der Waals surface area contributed by atoms with Gasteiger partial charge in [-0.2, -0.15) is 0 Å². The van der Waals surface area contributed by atoms with Crippen molar-refractivity contribution in [3.63, 3.8) is 0 Å². The molecule has 4 atom stereocenters. The van der Waals surface area contributed by atoms with Gasteiger partial charge in [-0.3, -0.25) is 9.59 Å². The van der Waals surface area contributed by atoms with Crippen LogP contribution in [-0.4, -0.2) is 67.6 Å². The maximum absolute atomic E-state index is 12.8. The number of nitrogens with one attached hydrogen (secondary N) is 1. The topological polar surface area (TPSA) is 107 Å². The molecule has 3 heterocycles. The molecule has 174 valence electrons. The molecule has 9 heteroatoms. The molecule has 2 N–H and O–H groups in total. The average molecular weight is 454 g/mol. The van der Waals surface area contributed by atoms with E-state index in [9.17, 15) is 14.7 Å². The second-order valence-corrected chi connectivity index (χ2v) is 8.67. The number of aliphatic hydroxyl groups is 1. The second kappa shape index (κ2) is 8.57. The molecular formula is C24H26N2O7. The normalized spacial score (nSPS) is 24.5. The summed E-state index contributed by atoms with van der Waals surface area (Å²) < 4.78 is 22.7. The lowest BCUT2D eigenvalue weighted by molar-refractivity contribution is -0.147. The zero-order valence-electron chi connectivity index (χ0n) is 18.4. The van der Waals surface area contributed by atoms with Crippen molar-refractivity contribution in [2.24, 2.45) is 0 Å². The van der Waals surface area contributed by atoms with Gasteiger partial charge in [0, 0.05) is 36.8 Å². The van der Waals surface area contributed by atoms with Crippen molar-refractivity contribution in [2.75, 3.05) is 32.8 Å². The van der Waals surface area contributed by atoms with Crippen LogP contribution in [0.15, 0.2) is 36.4 Å². The zero-order chi connectivity index (χ0) is 23.1. The number of ether oxygens (including phenoxy) is 4. The van der Waals surface area contributed by atoms with Gasteiger partial charge in [0.05, 0.1) is 19.1 Å². The van der Waals surface area contributed by atoms with E-state index < -0.39 is 6.10 Å². The molecule has 5 rings (SSSR count). The van der Waals surface area contributed by atoms with E-state index in [0.717, 1.165) is 5.56 Å². The number of hydrogen-bond donors (Lipinski definition) is 2. The fourth-order valence-corrected chi connectivity index (χ4v) is 4.59. The van der Waals surface area contributed by atoms with Crippen LogP contribution in [0, 0.1) is 0 Å². The summed E-state index contributed by atoms with van der Waals surface area (Å²) in [4.78, 5) is 26.5. The number of carbonyl (C=O) groups is 2. The number of nitrogens with zero attached hydrogens (tertiary/aromatic N) is 1. The average Bonchev–Trinajstić information content (AvgIpc) is 3.42. The number of aliphatic hydroxyl groups excluding tert-OH is 1. The first-order chi connectivity index (χ1) is 15.9. The molecular weight excluding hydrogens is 428 g/mol. The summed E-state index contributed by atoms with van der Waals surface area (Å²) in [6.07, 6.45) is -0.353. The van der Waals surface area contributed by atoms with Gasteiger partial charge >= 0.3 is 0 Å². The standard InChI is InChI=1S/C24H26N2O7/c1-26(2)22(28)10-15-9-17-16-8-14(4-6-18(16)33-23(17)21(11-27)32-15)25-24(29)13-3-5-19-20(7-13)31-12-30-19/h3-8,15,17,21,23,27H,9-12H2,1-2H3,(H,25,29)/t15-,17+,21+,23-/m0/s1. The molecule has 0 spiro atoms. The SMILES string of the molecule is CN(C)C(=O)C[C@@H]1C[C@@H]2c3cc(NC(=O)c4ccc5c(c4)OCO5)ccc3O[C@@H]2[C@@H](CO)O1. The van der Waals surface area contributed by atoms with Crippen LogP contribution in [-0.2, 0) is 9.53 Å². The highest BCUT2D eigenvalue weighted by atomic mass is 16.7. The number of rotatable bonds is 5. The van der Waals surface area contributed by atoms with E-state index >= 15 is 0 Å². The predicted octanol–water partition coefficient (Wildman–Crippen LogP) is 2.14. The van der Waals surface area contributed by atoms with Gasteiger partial charge in [-0.15, -0.1) is 0 Å². The Balaban J connectivity index is 1.34. The molecule has 1 fully saturated rings. The molecule has 0 bridgehead atoms. The summed E-state index contributed by atoms with van der Waals surface area (Å²) in [6, 6.07) is 10.5. The Morgan fingerprint density at radius 2 is 1.88 bits per heavy atom. The minimum atomic E-state index is -0.525. The highest BCUT2D eigenvalue weighted by molar-refractivity contribution is 6.04. The van der Waals surface area contributed by atoms with Gasteiger partial charge in [0.1, 0.15) is 18.0 Å². The predicted molar refractivity (Wildman–Crippen MR) is 118 cm³/mol. The summed E-state index contributed by atoms with van der Waals surface area (Å²) in [5.74, 6) is 1.52. The van der Waals surface area contributed by atoms with Crippen LogP contribution in [0.1, 0.15) is 34.7 Å². The molecule has 1 saturated heterocycles. The lowest BCUT2D eigenvalue weighted by atomic mass is 9.84.